The van der Waals surface area contributed by atoms with Crippen LogP contribution in [0.2, 0.25) is 0 Å². The van der Waals surface area contributed by atoms with E-state index in [4.69, 9.17) is 19.5 Å². The van der Waals surface area contributed by atoms with E-state index in [-0.39, 0.29) is 30.0 Å². The fourth-order valence-electron chi connectivity index (χ4n) is 9.05. The van der Waals surface area contributed by atoms with Gasteiger partial charge in [0.2, 0.25) is 5.91 Å². The Morgan fingerprint density at radius 1 is 0.962 bits per heavy atom. The second kappa shape index (κ2) is 13.3. The number of aryl methyl sites for hydroxylation is 1. The van der Waals surface area contributed by atoms with Crippen LogP contribution in [0.15, 0.2) is 52.2 Å². The van der Waals surface area contributed by atoms with Gasteiger partial charge in [0.05, 0.1) is 12.1 Å². The van der Waals surface area contributed by atoms with Gasteiger partial charge in [-0.25, -0.2) is 4.79 Å². The maximum absolute atomic E-state index is 13.4. The van der Waals surface area contributed by atoms with Gasteiger partial charge in [-0.15, -0.1) is 0 Å². The van der Waals surface area contributed by atoms with Crippen LogP contribution in [0.25, 0.3) is 22.3 Å². The molecule has 0 bridgehead atoms. The average molecular weight is 703 g/mol. The molecule has 52 heavy (non-hydrogen) atoms. The normalized spacial score (nSPS) is 24.2. The van der Waals surface area contributed by atoms with Crippen molar-refractivity contribution in [3.63, 3.8) is 0 Å². The number of hydrogen-bond donors (Lipinski definition) is 0. The summed E-state index contributed by atoms with van der Waals surface area (Å²) in [6.07, 6.45) is 9.20. The van der Waals surface area contributed by atoms with Crippen molar-refractivity contribution in [2.24, 2.45) is 27.7 Å². The van der Waals surface area contributed by atoms with E-state index in [1.807, 2.05) is 31.9 Å². The Morgan fingerprint density at radius 3 is 2.56 bits per heavy atom. The molecule has 8 nitrogen and oxygen atoms in total. The molecule has 5 aliphatic heterocycles. The summed E-state index contributed by atoms with van der Waals surface area (Å²) < 4.78 is 12.3. The molecule has 0 aromatic heterocycles. The molecule has 1 unspecified atom stereocenters. The Hall–Kier alpha value is -4.20. The highest BCUT2D eigenvalue weighted by Gasteiger charge is 2.41. The van der Waals surface area contributed by atoms with Crippen molar-refractivity contribution >= 4 is 34.6 Å². The number of likely N-dealkylation sites (tertiary alicyclic amines) is 2. The van der Waals surface area contributed by atoms with Crippen molar-refractivity contribution in [3.05, 3.63) is 64.5 Å². The van der Waals surface area contributed by atoms with Gasteiger partial charge in [0.1, 0.15) is 18.0 Å². The van der Waals surface area contributed by atoms with E-state index in [1.165, 1.54) is 44.8 Å². The molecule has 6 aliphatic rings. The summed E-state index contributed by atoms with van der Waals surface area (Å²) in [5, 5.41) is 0. The highest BCUT2D eigenvalue weighted by Crippen LogP contribution is 2.47. The lowest BCUT2D eigenvalue weighted by molar-refractivity contribution is -0.136. The van der Waals surface area contributed by atoms with Crippen LogP contribution in [0.4, 0.5) is 4.79 Å². The second-order valence-corrected chi connectivity index (χ2v) is 17.2. The minimum absolute atomic E-state index is 0.0246. The maximum Gasteiger partial charge on any atom is 0.410 e. The van der Waals surface area contributed by atoms with Crippen molar-refractivity contribution in [1.82, 2.24) is 9.80 Å². The van der Waals surface area contributed by atoms with Gasteiger partial charge >= 0.3 is 6.09 Å². The summed E-state index contributed by atoms with van der Waals surface area (Å²) in [6.45, 7) is 16.4. The Bertz CT molecular complexity index is 1940. The van der Waals surface area contributed by atoms with Crippen molar-refractivity contribution in [2.75, 3.05) is 13.1 Å². The van der Waals surface area contributed by atoms with Crippen molar-refractivity contribution in [2.45, 2.75) is 124 Å². The second-order valence-electron chi connectivity index (χ2n) is 17.2. The molecular formula is C44H54N4O4. The molecule has 4 atom stereocenters. The van der Waals surface area contributed by atoms with Gasteiger partial charge < -0.3 is 14.4 Å². The molecule has 1 aliphatic carbocycles. The smallest absolute Gasteiger partial charge is 0.410 e. The van der Waals surface area contributed by atoms with Crippen LogP contribution < -0.4 is 4.74 Å². The predicted molar refractivity (Wildman–Crippen MR) is 207 cm³/mol. The summed E-state index contributed by atoms with van der Waals surface area (Å²) in [5.41, 5.74) is 12.7. The number of rotatable bonds is 6. The summed E-state index contributed by atoms with van der Waals surface area (Å²) >= 11 is 0. The lowest BCUT2D eigenvalue weighted by atomic mass is 9.83. The third-order valence-corrected chi connectivity index (χ3v) is 12.3. The third kappa shape index (κ3) is 6.30. The molecule has 0 saturated carbocycles. The van der Waals surface area contributed by atoms with E-state index in [0.29, 0.717) is 25.0 Å². The molecule has 8 rings (SSSR count). The highest BCUT2D eigenvalue weighted by molar-refractivity contribution is 6.06. The van der Waals surface area contributed by atoms with Crippen LogP contribution in [-0.2, 0) is 22.6 Å². The van der Waals surface area contributed by atoms with Gasteiger partial charge in [-0.3, -0.25) is 19.7 Å². The Balaban J connectivity index is 0.974. The lowest BCUT2D eigenvalue weighted by Gasteiger charge is -2.29. The number of hydrogen-bond acceptors (Lipinski definition) is 6. The van der Waals surface area contributed by atoms with Crippen LogP contribution in [0.3, 0.4) is 0 Å². The van der Waals surface area contributed by atoms with E-state index < -0.39 is 5.60 Å². The first-order valence-corrected chi connectivity index (χ1v) is 19.7. The fourth-order valence-corrected chi connectivity index (χ4v) is 9.05. The SMILES string of the molecule is CC[C@H]1C[C@@H](C2=NC=C(c3ccc4c(c3)COc3cc5c(cc3-4)CCC3=C5CC([C@@H]4CCCN4C(=O)C(C)C(C)C)=N3)C2)N(C(=O)OC(C)(C)C)C1. The molecule has 0 radical (unpaired) electrons. The van der Waals surface area contributed by atoms with Gasteiger partial charge in [0.25, 0.3) is 0 Å². The predicted octanol–water partition coefficient (Wildman–Crippen LogP) is 9.25. The Kier molecular flexibility index (Phi) is 8.94. The first-order chi connectivity index (χ1) is 24.9. The largest absolute Gasteiger partial charge is 0.488 e. The minimum Gasteiger partial charge on any atom is -0.488 e. The van der Waals surface area contributed by atoms with Crippen LogP contribution >= 0.6 is 0 Å². The van der Waals surface area contributed by atoms with Crippen molar-refractivity contribution < 1.29 is 19.1 Å². The number of carbonyl (C=O) groups excluding carboxylic acids is 2. The molecule has 2 aromatic carbocycles. The van der Waals surface area contributed by atoms with E-state index in [0.717, 1.165) is 80.5 Å². The zero-order valence-electron chi connectivity index (χ0n) is 32.1. The molecule has 2 aromatic rings. The molecule has 0 N–H and O–H groups in total. The zero-order chi connectivity index (χ0) is 36.5. The number of allylic oxidation sites excluding steroid dienone is 3. The number of ether oxygens (including phenoxy) is 2. The molecular weight excluding hydrogens is 649 g/mol. The van der Waals surface area contributed by atoms with Crippen LogP contribution in [-0.4, -0.2) is 64.0 Å². The first-order valence-electron chi connectivity index (χ1n) is 19.7. The van der Waals surface area contributed by atoms with Crippen LogP contribution in [0, 0.1) is 17.8 Å². The van der Waals surface area contributed by atoms with E-state index in [9.17, 15) is 9.59 Å². The maximum atomic E-state index is 13.4. The number of nitrogens with zero attached hydrogens (tertiary/aromatic N) is 4. The topological polar surface area (TPSA) is 83.8 Å². The molecule has 274 valence electrons. The van der Waals surface area contributed by atoms with E-state index in [1.54, 1.807) is 0 Å². The van der Waals surface area contributed by atoms with E-state index >= 15 is 0 Å². The molecule has 2 fully saturated rings. The Labute approximate surface area is 309 Å². The summed E-state index contributed by atoms with van der Waals surface area (Å²) in [7, 11) is 0. The van der Waals surface area contributed by atoms with Crippen LogP contribution in [0.1, 0.15) is 116 Å². The summed E-state index contributed by atoms with van der Waals surface area (Å²) in [4.78, 5) is 40.7. The quantitative estimate of drug-likeness (QED) is 0.301. The fraction of sp³-hybridized carbons (Fsp3) is 0.545. The zero-order valence-corrected chi connectivity index (χ0v) is 32.1. The van der Waals surface area contributed by atoms with E-state index in [2.05, 4.69) is 62.9 Å². The number of benzene rings is 2. The average Bonchev–Trinajstić information content (AvgIpc) is 3.94. The Morgan fingerprint density at radius 2 is 1.79 bits per heavy atom. The number of carbonyl (C=O) groups is 2. The summed E-state index contributed by atoms with van der Waals surface area (Å²) in [6, 6.07) is 11.4. The van der Waals surface area contributed by atoms with Crippen molar-refractivity contribution in [1.29, 1.82) is 0 Å². The molecule has 8 heteroatoms. The highest BCUT2D eigenvalue weighted by atomic mass is 16.6. The standard InChI is InChI=1S/C44H54N4O4/c1-8-27-16-40(48(23-27)43(50)52-44(5,6)7)37-19-30(22-45-37)28-11-13-32-31(17-28)24-51-41-21-33-29(18-35(32)41)12-14-36-34(33)20-38(46-36)39-10-9-15-47(39)42(49)26(4)25(2)3/h11,13,17-18,21-22,25-27,39-40H,8-10,12,14-16,19-20,23-24H2,1-7H3/t26?,27-,39-,40-/m0/s1. The van der Waals surface area contributed by atoms with Gasteiger partial charge in [-0.05, 0) is 122 Å². The van der Waals surface area contributed by atoms with Gasteiger partial charge in [0.15, 0.2) is 0 Å². The molecule has 5 heterocycles. The van der Waals surface area contributed by atoms with Gasteiger partial charge in [-0.2, -0.15) is 0 Å². The van der Waals surface area contributed by atoms with Crippen molar-refractivity contribution in [3.8, 4) is 16.9 Å². The number of fused-ring (bicyclic) bond motifs is 5. The molecule has 2 amide bonds. The lowest BCUT2D eigenvalue weighted by Crippen LogP contribution is -2.43. The monoisotopic (exact) mass is 702 g/mol. The molecule has 2 saturated heterocycles. The first kappa shape index (κ1) is 34.9. The van der Waals surface area contributed by atoms with Gasteiger partial charge in [-0.1, -0.05) is 46.2 Å². The van der Waals surface area contributed by atoms with Gasteiger partial charge in [0, 0.05) is 60.7 Å². The number of amides is 2. The number of aliphatic imine (C=N–C) groups is 2. The molecule has 0 spiro atoms. The van der Waals surface area contributed by atoms with Crippen LogP contribution in [0.5, 0.6) is 5.75 Å². The minimum atomic E-state index is -0.531. The summed E-state index contributed by atoms with van der Waals surface area (Å²) in [5.74, 6) is 2.02. The third-order valence-electron chi connectivity index (χ3n) is 12.3.